The average molecular weight is 253 g/mol. The van der Waals surface area contributed by atoms with Crippen LogP contribution in [-0.4, -0.2) is 35.6 Å². The maximum Gasteiger partial charge on any atom is 0.104 e. The number of unbranched alkanes of at least 4 members (excludes halogenated alkanes) is 1. The van der Waals surface area contributed by atoms with Crippen LogP contribution in [0.5, 0.6) is 0 Å². The van der Waals surface area contributed by atoms with Crippen LogP contribution in [0, 0.1) is 11.3 Å². The number of hydrogen-bond donors (Lipinski definition) is 1. The summed E-state index contributed by atoms with van der Waals surface area (Å²) < 4.78 is 0. The van der Waals surface area contributed by atoms with E-state index in [9.17, 15) is 5.26 Å². The molecule has 0 aromatic carbocycles. The van der Waals surface area contributed by atoms with Gasteiger partial charge in [-0.15, -0.1) is 0 Å². The van der Waals surface area contributed by atoms with E-state index < -0.39 is 0 Å². The summed E-state index contributed by atoms with van der Waals surface area (Å²) in [4.78, 5) is 2.47. The molecule has 0 heterocycles. The number of hydrogen-bond acceptors (Lipinski definition) is 3. The predicted molar refractivity (Wildman–Crippen MR) is 78.5 cm³/mol. The Bertz CT molecular complexity index is 255. The highest BCUT2D eigenvalue weighted by Gasteiger charge is 2.23. The highest BCUT2D eigenvalue weighted by molar-refractivity contribution is 5.04. The Kier molecular flexibility index (Phi) is 8.22. The van der Waals surface area contributed by atoms with Gasteiger partial charge in [0.2, 0.25) is 0 Å². The van der Waals surface area contributed by atoms with Gasteiger partial charge in [-0.2, -0.15) is 5.26 Å². The highest BCUT2D eigenvalue weighted by Crippen LogP contribution is 2.14. The molecule has 3 nitrogen and oxygen atoms in total. The normalized spacial score (nSPS) is 15.1. The van der Waals surface area contributed by atoms with Gasteiger partial charge in [-0.1, -0.05) is 6.92 Å². The molecular formula is C15H31N3. The summed E-state index contributed by atoms with van der Waals surface area (Å²) in [6.45, 7) is 15.1. The topological polar surface area (TPSA) is 39.1 Å². The summed E-state index contributed by atoms with van der Waals surface area (Å²) in [5.74, 6) is 0. The van der Waals surface area contributed by atoms with Crippen molar-refractivity contribution in [2.45, 2.75) is 78.4 Å². The molecule has 0 aliphatic carbocycles. The zero-order chi connectivity index (χ0) is 14.2. The number of nitriles is 1. The third kappa shape index (κ3) is 6.98. The monoisotopic (exact) mass is 253 g/mol. The lowest BCUT2D eigenvalue weighted by Crippen LogP contribution is -2.45. The van der Waals surface area contributed by atoms with Crippen LogP contribution in [0.2, 0.25) is 0 Å². The fraction of sp³-hybridized carbons (Fsp3) is 0.933. The molecule has 1 unspecified atom stereocenters. The van der Waals surface area contributed by atoms with Crippen LogP contribution >= 0.6 is 0 Å². The van der Waals surface area contributed by atoms with E-state index in [0.717, 1.165) is 25.9 Å². The molecule has 0 bridgehead atoms. The minimum Gasteiger partial charge on any atom is -0.301 e. The molecule has 0 fully saturated rings. The Morgan fingerprint density at radius 2 is 1.83 bits per heavy atom. The van der Waals surface area contributed by atoms with E-state index in [0.29, 0.717) is 12.1 Å². The Balaban J connectivity index is 3.98. The first-order valence-electron chi connectivity index (χ1n) is 7.27. The summed E-state index contributed by atoms with van der Waals surface area (Å²) in [6.07, 6.45) is 3.20. The van der Waals surface area contributed by atoms with Crippen LogP contribution in [0.15, 0.2) is 0 Å². The van der Waals surface area contributed by atoms with Gasteiger partial charge in [0.1, 0.15) is 5.54 Å². The Labute approximate surface area is 114 Å². The van der Waals surface area contributed by atoms with Gasteiger partial charge in [0, 0.05) is 12.1 Å². The van der Waals surface area contributed by atoms with E-state index in [-0.39, 0.29) is 5.54 Å². The van der Waals surface area contributed by atoms with Crippen molar-refractivity contribution in [1.29, 1.82) is 5.26 Å². The van der Waals surface area contributed by atoms with Gasteiger partial charge in [0.15, 0.2) is 0 Å². The van der Waals surface area contributed by atoms with Gasteiger partial charge in [-0.05, 0) is 67.0 Å². The molecule has 1 atom stereocenters. The fourth-order valence-electron chi connectivity index (χ4n) is 2.37. The van der Waals surface area contributed by atoms with Gasteiger partial charge in [0.05, 0.1) is 6.07 Å². The van der Waals surface area contributed by atoms with Crippen molar-refractivity contribution < 1.29 is 0 Å². The predicted octanol–water partition coefficient (Wildman–Crippen LogP) is 3.17. The quantitative estimate of drug-likeness (QED) is 0.642. The summed E-state index contributed by atoms with van der Waals surface area (Å²) >= 11 is 0. The Morgan fingerprint density at radius 3 is 2.22 bits per heavy atom. The molecule has 0 spiro atoms. The summed E-state index contributed by atoms with van der Waals surface area (Å²) in [5.41, 5.74) is -0.372. The first-order valence-corrected chi connectivity index (χ1v) is 7.27. The zero-order valence-corrected chi connectivity index (χ0v) is 13.1. The van der Waals surface area contributed by atoms with Crippen molar-refractivity contribution in [1.82, 2.24) is 10.2 Å². The van der Waals surface area contributed by atoms with E-state index in [4.69, 9.17) is 0 Å². The standard InChI is InChI=1S/C15H31N3/c1-7-18(14(4)5)11-9-8-10-15(6,12-16)17-13(2)3/h13-14,17H,7-11H2,1-6H3. The summed E-state index contributed by atoms with van der Waals surface area (Å²) in [7, 11) is 0. The zero-order valence-electron chi connectivity index (χ0n) is 13.1. The minimum absolute atomic E-state index is 0.359. The molecule has 0 saturated heterocycles. The van der Waals surface area contributed by atoms with Gasteiger partial charge in [-0.3, -0.25) is 5.32 Å². The number of nitrogens with one attached hydrogen (secondary N) is 1. The van der Waals surface area contributed by atoms with E-state index >= 15 is 0 Å². The van der Waals surface area contributed by atoms with E-state index in [1.165, 1.54) is 6.42 Å². The molecule has 0 aliphatic rings. The molecule has 0 saturated carbocycles. The molecule has 3 heteroatoms. The van der Waals surface area contributed by atoms with Crippen LogP contribution < -0.4 is 5.32 Å². The Hall–Kier alpha value is -0.590. The second-order valence-electron chi connectivity index (χ2n) is 5.92. The van der Waals surface area contributed by atoms with Crippen molar-refractivity contribution in [2.75, 3.05) is 13.1 Å². The van der Waals surface area contributed by atoms with Crippen molar-refractivity contribution in [2.24, 2.45) is 0 Å². The van der Waals surface area contributed by atoms with Gasteiger partial charge < -0.3 is 4.90 Å². The lowest BCUT2D eigenvalue weighted by molar-refractivity contribution is 0.225. The first-order chi connectivity index (χ1) is 8.34. The first kappa shape index (κ1) is 17.4. The lowest BCUT2D eigenvalue weighted by atomic mass is 9.95. The van der Waals surface area contributed by atoms with Crippen LogP contribution in [0.1, 0.15) is 60.8 Å². The van der Waals surface area contributed by atoms with Gasteiger partial charge in [0.25, 0.3) is 0 Å². The molecule has 0 aromatic rings. The van der Waals surface area contributed by atoms with E-state index in [1.807, 2.05) is 6.92 Å². The summed E-state index contributed by atoms with van der Waals surface area (Å²) in [5, 5.41) is 12.6. The van der Waals surface area contributed by atoms with Crippen LogP contribution in [0.3, 0.4) is 0 Å². The number of nitrogens with zero attached hydrogens (tertiary/aromatic N) is 2. The molecule has 1 N–H and O–H groups in total. The third-order valence-corrected chi connectivity index (χ3v) is 3.36. The molecular weight excluding hydrogens is 222 g/mol. The van der Waals surface area contributed by atoms with Gasteiger partial charge >= 0.3 is 0 Å². The van der Waals surface area contributed by atoms with Crippen LogP contribution in [0.25, 0.3) is 0 Å². The average Bonchev–Trinajstić information content (AvgIpc) is 2.27. The summed E-state index contributed by atoms with van der Waals surface area (Å²) in [6, 6.07) is 3.39. The van der Waals surface area contributed by atoms with Crippen LogP contribution in [-0.2, 0) is 0 Å². The molecule has 0 aliphatic heterocycles. The van der Waals surface area contributed by atoms with E-state index in [1.54, 1.807) is 0 Å². The van der Waals surface area contributed by atoms with Crippen molar-refractivity contribution in [3.63, 3.8) is 0 Å². The second-order valence-corrected chi connectivity index (χ2v) is 5.92. The highest BCUT2D eigenvalue weighted by atomic mass is 15.1. The molecule has 0 aromatic heterocycles. The molecule has 0 amide bonds. The third-order valence-electron chi connectivity index (χ3n) is 3.36. The maximum absolute atomic E-state index is 9.25. The van der Waals surface area contributed by atoms with Crippen molar-refractivity contribution in [3.05, 3.63) is 0 Å². The molecule has 18 heavy (non-hydrogen) atoms. The fourth-order valence-corrected chi connectivity index (χ4v) is 2.37. The molecule has 0 rings (SSSR count). The largest absolute Gasteiger partial charge is 0.301 e. The van der Waals surface area contributed by atoms with E-state index in [2.05, 4.69) is 50.9 Å². The second kappa shape index (κ2) is 8.50. The van der Waals surface area contributed by atoms with Crippen LogP contribution in [0.4, 0.5) is 0 Å². The number of rotatable bonds is 9. The Morgan fingerprint density at radius 1 is 1.22 bits per heavy atom. The SMILES string of the molecule is CCN(CCCCC(C)(C#N)NC(C)C)C(C)C. The maximum atomic E-state index is 9.25. The minimum atomic E-state index is -0.372. The van der Waals surface area contributed by atoms with Gasteiger partial charge in [-0.25, -0.2) is 0 Å². The smallest absolute Gasteiger partial charge is 0.104 e. The lowest BCUT2D eigenvalue weighted by Gasteiger charge is -2.27. The molecule has 0 radical (unpaired) electrons. The molecule has 106 valence electrons. The van der Waals surface area contributed by atoms with Crippen molar-refractivity contribution >= 4 is 0 Å². The van der Waals surface area contributed by atoms with Crippen molar-refractivity contribution in [3.8, 4) is 6.07 Å².